The molecule has 1 aliphatic rings. The van der Waals surface area contributed by atoms with E-state index in [1.807, 2.05) is 13.8 Å². The van der Waals surface area contributed by atoms with Crippen molar-refractivity contribution in [1.29, 1.82) is 0 Å². The number of guanidine groups is 1. The van der Waals surface area contributed by atoms with Crippen LogP contribution in [0.15, 0.2) is 29.3 Å². The number of aryl methyl sites for hydroxylation is 1. The van der Waals surface area contributed by atoms with Gasteiger partial charge < -0.3 is 10.6 Å². The van der Waals surface area contributed by atoms with Gasteiger partial charge in [-0.05, 0) is 44.2 Å². The molecule has 6 nitrogen and oxygen atoms in total. The Morgan fingerprint density at radius 1 is 1.28 bits per heavy atom. The molecule has 1 aromatic carbocycles. The van der Waals surface area contributed by atoms with Crippen LogP contribution < -0.4 is 15.4 Å². The number of aliphatic imine (C=N–C) groups is 1. The zero-order chi connectivity index (χ0) is 17.6. The molecule has 0 spiro atoms. The second kappa shape index (κ2) is 10.3. The number of sulfonamides is 1. The molecule has 142 valence electrons. The van der Waals surface area contributed by atoms with E-state index in [2.05, 4.69) is 44.6 Å². The topological polar surface area (TPSA) is 82.6 Å². The molecule has 25 heavy (non-hydrogen) atoms. The monoisotopic (exact) mass is 480 g/mol. The summed E-state index contributed by atoms with van der Waals surface area (Å²) in [6.07, 6.45) is 3.06. The van der Waals surface area contributed by atoms with E-state index in [1.165, 1.54) is 11.1 Å². The van der Waals surface area contributed by atoms with Crippen LogP contribution in [-0.4, -0.2) is 45.8 Å². The second-order valence-electron chi connectivity index (χ2n) is 6.44. The molecule has 0 amide bonds. The van der Waals surface area contributed by atoms with Crippen LogP contribution in [0.25, 0.3) is 0 Å². The van der Waals surface area contributed by atoms with Gasteiger partial charge in [0, 0.05) is 25.7 Å². The first kappa shape index (κ1) is 22.2. The molecule has 0 saturated carbocycles. The number of hydrogen-bond donors (Lipinski definition) is 3. The third-order valence-corrected chi connectivity index (χ3v) is 5.56. The van der Waals surface area contributed by atoms with E-state index >= 15 is 0 Å². The van der Waals surface area contributed by atoms with E-state index in [-0.39, 0.29) is 35.8 Å². The van der Waals surface area contributed by atoms with Crippen molar-refractivity contribution in [3.8, 4) is 0 Å². The molecule has 0 bridgehead atoms. The van der Waals surface area contributed by atoms with Crippen molar-refractivity contribution in [2.45, 2.75) is 45.2 Å². The summed E-state index contributed by atoms with van der Waals surface area (Å²) < 4.78 is 26.2. The minimum atomic E-state index is -3.25. The maximum absolute atomic E-state index is 11.8. The molecule has 0 heterocycles. The summed E-state index contributed by atoms with van der Waals surface area (Å²) >= 11 is 0. The normalized spacial score (nSPS) is 17.6. The molecule has 2 rings (SSSR count). The van der Waals surface area contributed by atoms with Gasteiger partial charge in [0.2, 0.25) is 10.0 Å². The van der Waals surface area contributed by atoms with Gasteiger partial charge in [-0.25, -0.2) is 13.1 Å². The largest absolute Gasteiger partial charge is 0.355 e. The Hall–Kier alpha value is -0.870. The molecule has 0 fully saturated rings. The van der Waals surface area contributed by atoms with Crippen LogP contribution in [0.4, 0.5) is 0 Å². The van der Waals surface area contributed by atoms with Crippen LogP contribution in [0.3, 0.4) is 0 Å². The number of fused-ring (bicyclic) bond motifs is 1. The van der Waals surface area contributed by atoms with Crippen molar-refractivity contribution in [3.63, 3.8) is 0 Å². The third kappa shape index (κ3) is 7.49. The summed E-state index contributed by atoms with van der Waals surface area (Å²) in [7, 11) is -1.55. The van der Waals surface area contributed by atoms with Crippen LogP contribution in [0.5, 0.6) is 0 Å². The molecule has 1 aromatic rings. The lowest BCUT2D eigenvalue weighted by atomic mass is 9.88. The SMILES string of the molecule is CN=C(NCCS(=O)(=O)NC(C)C)NC1CCc2ccccc2C1.I. The molecule has 8 heteroatoms. The van der Waals surface area contributed by atoms with E-state index in [1.54, 1.807) is 7.05 Å². The first-order valence-electron chi connectivity index (χ1n) is 8.43. The van der Waals surface area contributed by atoms with Gasteiger partial charge in [-0.2, -0.15) is 0 Å². The van der Waals surface area contributed by atoms with E-state index in [4.69, 9.17) is 0 Å². The van der Waals surface area contributed by atoms with E-state index in [0.717, 1.165) is 19.3 Å². The maximum Gasteiger partial charge on any atom is 0.213 e. The predicted octanol–water partition coefficient (Wildman–Crippen LogP) is 1.65. The van der Waals surface area contributed by atoms with E-state index < -0.39 is 10.0 Å². The van der Waals surface area contributed by atoms with Crippen molar-refractivity contribution in [2.75, 3.05) is 19.3 Å². The van der Waals surface area contributed by atoms with Gasteiger partial charge in [0.15, 0.2) is 5.96 Å². The highest BCUT2D eigenvalue weighted by molar-refractivity contribution is 14.0. The van der Waals surface area contributed by atoms with Crippen LogP contribution in [0, 0.1) is 0 Å². The summed E-state index contributed by atoms with van der Waals surface area (Å²) in [5, 5.41) is 6.49. The standard InChI is InChI=1S/C17H28N4O2S.HI/c1-13(2)21-24(22,23)11-10-19-17(18-3)20-16-9-8-14-6-4-5-7-15(14)12-16;/h4-7,13,16,21H,8-12H2,1-3H3,(H2,18,19,20);1H. The molecule has 1 atom stereocenters. The number of hydrogen-bond acceptors (Lipinski definition) is 3. The fourth-order valence-corrected chi connectivity index (χ4v) is 4.14. The highest BCUT2D eigenvalue weighted by atomic mass is 127. The summed E-state index contributed by atoms with van der Waals surface area (Å²) in [4.78, 5) is 4.20. The molecular weight excluding hydrogens is 451 g/mol. The van der Waals surface area contributed by atoms with Crippen molar-refractivity contribution in [3.05, 3.63) is 35.4 Å². The lowest BCUT2D eigenvalue weighted by molar-refractivity contribution is 0.521. The fourth-order valence-electron chi connectivity index (χ4n) is 2.93. The van der Waals surface area contributed by atoms with E-state index in [9.17, 15) is 8.42 Å². The number of nitrogens with one attached hydrogen (secondary N) is 3. The van der Waals surface area contributed by atoms with Gasteiger partial charge in [-0.1, -0.05) is 24.3 Å². The number of benzene rings is 1. The highest BCUT2D eigenvalue weighted by Gasteiger charge is 2.19. The van der Waals surface area contributed by atoms with Crippen LogP contribution in [-0.2, 0) is 22.9 Å². The van der Waals surface area contributed by atoms with Crippen molar-refractivity contribution in [1.82, 2.24) is 15.4 Å². The Balaban J connectivity index is 0.00000312. The Morgan fingerprint density at radius 3 is 2.60 bits per heavy atom. The average Bonchev–Trinajstić information content (AvgIpc) is 2.52. The Kier molecular flexibility index (Phi) is 9.15. The maximum atomic E-state index is 11.8. The van der Waals surface area contributed by atoms with Gasteiger partial charge in [-0.3, -0.25) is 4.99 Å². The van der Waals surface area contributed by atoms with Crippen molar-refractivity contribution >= 4 is 40.0 Å². The van der Waals surface area contributed by atoms with Crippen LogP contribution in [0.2, 0.25) is 0 Å². The zero-order valence-corrected chi connectivity index (χ0v) is 18.2. The van der Waals surface area contributed by atoms with Crippen molar-refractivity contribution < 1.29 is 8.42 Å². The number of halogens is 1. The third-order valence-electron chi connectivity index (χ3n) is 3.99. The molecule has 0 radical (unpaired) electrons. The average molecular weight is 480 g/mol. The smallest absolute Gasteiger partial charge is 0.213 e. The summed E-state index contributed by atoms with van der Waals surface area (Å²) in [6, 6.07) is 8.74. The van der Waals surface area contributed by atoms with Gasteiger partial charge in [0.1, 0.15) is 0 Å². The van der Waals surface area contributed by atoms with Gasteiger partial charge >= 0.3 is 0 Å². The zero-order valence-electron chi connectivity index (χ0n) is 15.1. The Bertz CT molecular complexity index is 677. The van der Waals surface area contributed by atoms with Crippen LogP contribution >= 0.6 is 24.0 Å². The fraction of sp³-hybridized carbons (Fsp3) is 0.588. The number of nitrogens with zero attached hydrogens (tertiary/aromatic N) is 1. The molecule has 1 aliphatic carbocycles. The molecule has 0 saturated heterocycles. The van der Waals surface area contributed by atoms with Crippen molar-refractivity contribution in [2.24, 2.45) is 4.99 Å². The molecule has 3 N–H and O–H groups in total. The number of rotatable bonds is 6. The Morgan fingerprint density at radius 2 is 1.96 bits per heavy atom. The van der Waals surface area contributed by atoms with Crippen LogP contribution in [0.1, 0.15) is 31.4 Å². The summed E-state index contributed by atoms with van der Waals surface area (Å²) in [5.74, 6) is 0.679. The van der Waals surface area contributed by atoms with Gasteiger partial charge in [0.05, 0.1) is 5.75 Å². The summed E-state index contributed by atoms with van der Waals surface area (Å²) in [6.45, 7) is 3.95. The molecule has 0 aliphatic heterocycles. The van der Waals surface area contributed by atoms with Gasteiger partial charge in [0.25, 0.3) is 0 Å². The summed E-state index contributed by atoms with van der Waals surface area (Å²) in [5.41, 5.74) is 2.80. The first-order chi connectivity index (χ1) is 11.4. The first-order valence-corrected chi connectivity index (χ1v) is 10.1. The quantitative estimate of drug-likeness (QED) is 0.329. The highest BCUT2D eigenvalue weighted by Crippen LogP contribution is 2.20. The molecule has 0 aromatic heterocycles. The van der Waals surface area contributed by atoms with Gasteiger partial charge in [-0.15, -0.1) is 24.0 Å². The minimum Gasteiger partial charge on any atom is -0.355 e. The lowest BCUT2D eigenvalue weighted by Crippen LogP contribution is -2.47. The lowest BCUT2D eigenvalue weighted by Gasteiger charge is -2.27. The molecular formula is C17H29IN4O2S. The second-order valence-corrected chi connectivity index (χ2v) is 8.32. The Labute approximate surface area is 168 Å². The minimum absolute atomic E-state index is 0. The predicted molar refractivity (Wildman–Crippen MR) is 114 cm³/mol. The van der Waals surface area contributed by atoms with E-state index in [0.29, 0.717) is 18.5 Å². The molecule has 1 unspecified atom stereocenters.